The van der Waals surface area contributed by atoms with Crippen molar-refractivity contribution in [2.45, 2.75) is 13.8 Å². The van der Waals surface area contributed by atoms with E-state index in [0.717, 1.165) is 11.1 Å². The fraction of sp³-hybridized carbons (Fsp3) is 0.167. The standard InChI is InChI=1S/C30H27ClN2O6S/c1-4-38-30(36)27-23(19-7-5-18(2)6-8-19)17-40-29(27)33-26(34)16-39-22-12-9-20(10-13-22)28(35)32-21-11-14-25(37-3)24(31)15-21/h5-15,17H,4,16H2,1-3H3,(H,32,35)(H,33,34). The second-order valence-corrected chi connectivity index (χ2v) is 9.89. The van der Waals surface area contributed by atoms with Gasteiger partial charge in [-0.15, -0.1) is 11.3 Å². The van der Waals surface area contributed by atoms with Gasteiger partial charge >= 0.3 is 5.97 Å². The molecule has 3 aromatic carbocycles. The van der Waals surface area contributed by atoms with Gasteiger partial charge in [0.25, 0.3) is 11.8 Å². The number of hydrogen-bond donors (Lipinski definition) is 2. The van der Waals surface area contributed by atoms with E-state index in [9.17, 15) is 14.4 Å². The number of thiophene rings is 1. The third-order valence-electron chi connectivity index (χ3n) is 5.78. The van der Waals surface area contributed by atoms with Gasteiger partial charge in [-0.3, -0.25) is 9.59 Å². The van der Waals surface area contributed by atoms with E-state index in [1.165, 1.54) is 18.4 Å². The molecule has 8 nitrogen and oxygen atoms in total. The van der Waals surface area contributed by atoms with E-state index >= 15 is 0 Å². The van der Waals surface area contributed by atoms with E-state index in [2.05, 4.69) is 10.6 Å². The summed E-state index contributed by atoms with van der Waals surface area (Å²) in [6.45, 7) is 3.62. The largest absolute Gasteiger partial charge is 0.495 e. The molecule has 10 heteroatoms. The number of hydrogen-bond acceptors (Lipinski definition) is 7. The summed E-state index contributed by atoms with van der Waals surface area (Å²) in [6.07, 6.45) is 0. The lowest BCUT2D eigenvalue weighted by atomic mass is 10.0. The number of halogens is 1. The molecule has 2 N–H and O–H groups in total. The molecular formula is C30H27ClN2O6S. The summed E-state index contributed by atoms with van der Waals surface area (Å²) < 4.78 is 16.0. The number of nitrogens with one attached hydrogen (secondary N) is 2. The van der Waals surface area contributed by atoms with E-state index in [4.69, 9.17) is 25.8 Å². The molecule has 0 fully saturated rings. The summed E-state index contributed by atoms with van der Waals surface area (Å²) in [5, 5.41) is 8.11. The highest BCUT2D eigenvalue weighted by Crippen LogP contribution is 2.36. The van der Waals surface area contributed by atoms with Crippen LogP contribution in [0.4, 0.5) is 10.7 Å². The number of aryl methyl sites for hydroxylation is 1. The maximum atomic E-state index is 12.8. The van der Waals surface area contributed by atoms with Crippen molar-refractivity contribution in [3.05, 3.63) is 93.8 Å². The second kappa shape index (κ2) is 13.1. The zero-order valence-electron chi connectivity index (χ0n) is 22.1. The fourth-order valence-electron chi connectivity index (χ4n) is 3.76. The van der Waals surface area contributed by atoms with Crippen LogP contribution in [-0.4, -0.2) is 38.1 Å². The lowest BCUT2D eigenvalue weighted by Gasteiger charge is -2.10. The molecule has 206 valence electrons. The highest BCUT2D eigenvalue weighted by atomic mass is 35.5. The Balaban J connectivity index is 1.38. The SMILES string of the molecule is CCOC(=O)c1c(-c2ccc(C)cc2)csc1NC(=O)COc1ccc(C(=O)Nc2ccc(OC)c(Cl)c2)cc1. The molecule has 0 aliphatic rings. The van der Waals surface area contributed by atoms with E-state index in [1.807, 2.05) is 36.6 Å². The fourth-order valence-corrected chi connectivity index (χ4v) is 4.99. The lowest BCUT2D eigenvalue weighted by Crippen LogP contribution is -2.21. The Kier molecular flexibility index (Phi) is 9.42. The molecular weight excluding hydrogens is 552 g/mol. The molecule has 1 aromatic heterocycles. The van der Waals surface area contributed by atoms with Crippen molar-refractivity contribution in [2.24, 2.45) is 0 Å². The van der Waals surface area contributed by atoms with Crippen LogP contribution >= 0.6 is 22.9 Å². The van der Waals surface area contributed by atoms with Crippen molar-refractivity contribution >= 4 is 51.4 Å². The first-order valence-electron chi connectivity index (χ1n) is 12.3. The van der Waals surface area contributed by atoms with Gasteiger partial charge in [0.15, 0.2) is 6.61 Å². The van der Waals surface area contributed by atoms with Crippen LogP contribution in [0, 0.1) is 6.92 Å². The van der Waals surface area contributed by atoms with Gasteiger partial charge in [-0.25, -0.2) is 4.79 Å². The van der Waals surface area contributed by atoms with Crippen LogP contribution in [-0.2, 0) is 9.53 Å². The Bertz CT molecular complexity index is 1520. The molecule has 4 rings (SSSR count). The topological polar surface area (TPSA) is 103 Å². The van der Waals surface area contributed by atoms with Gasteiger partial charge in [-0.2, -0.15) is 0 Å². The second-order valence-electron chi connectivity index (χ2n) is 8.60. The number of anilines is 2. The third kappa shape index (κ3) is 6.99. The minimum Gasteiger partial charge on any atom is -0.495 e. The van der Waals surface area contributed by atoms with Crippen LogP contribution in [0.2, 0.25) is 5.02 Å². The third-order valence-corrected chi connectivity index (χ3v) is 6.97. The van der Waals surface area contributed by atoms with Gasteiger partial charge in [0, 0.05) is 22.2 Å². The Hall–Kier alpha value is -4.34. The van der Waals surface area contributed by atoms with Crippen molar-refractivity contribution in [1.29, 1.82) is 0 Å². The summed E-state index contributed by atoms with van der Waals surface area (Å²) in [4.78, 5) is 38.0. The number of rotatable bonds is 10. The Morgan fingerprint density at radius 3 is 2.33 bits per heavy atom. The molecule has 0 atom stereocenters. The predicted octanol–water partition coefficient (Wildman–Crippen LogP) is 6.83. The van der Waals surface area contributed by atoms with Crippen molar-refractivity contribution in [1.82, 2.24) is 0 Å². The number of ether oxygens (including phenoxy) is 3. The van der Waals surface area contributed by atoms with Gasteiger partial charge in [-0.1, -0.05) is 41.4 Å². The number of methoxy groups -OCH3 is 1. The van der Waals surface area contributed by atoms with E-state index in [0.29, 0.717) is 43.9 Å². The van der Waals surface area contributed by atoms with E-state index in [-0.39, 0.29) is 19.1 Å². The maximum Gasteiger partial charge on any atom is 0.341 e. The van der Waals surface area contributed by atoms with Crippen LogP contribution in [0.15, 0.2) is 72.1 Å². The summed E-state index contributed by atoms with van der Waals surface area (Å²) >= 11 is 7.36. The minimum atomic E-state index is -0.513. The van der Waals surface area contributed by atoms with Gasteiger partial charge in [0.05, 0.1) is 18.7 Å². The quantitative estimate of drug-likeness (QED) is 0.200. The van der Waals surface area contributed by atoms with Gasteiger partial charge in [0.2, 0.25) is 0 Å². The average molecular weight is 579 g/mol. The molecule has 40 heavy (non-hydrogen) atoms. The zero-order valence-corrected chi connectivity index (χ0v) is 23.7. The molecule has 0 saturated carbocycles. The number of carbonyl (C=O) groups is 3. The smallest absolute Gasteiger partial charge is 0.341 e. The Labute approximate surface area is 240 Å². The maximum absolute atomic E-state index is 12.8. The number of esters is 1. The summed E-state index contributed by atoms with van der Waals surface area (Å²) in [6, 6.07) is 19.0. The number of amides is 2. The average Bonchev–Trinajstić information content (AvgIpc) is 3.36. The molecule has 1 heterocycles. The Morgan fingerprint density at radius 1 is 0.950 bits per heavy atom. The highest BCUT2D eigenvalue weighted by molar-refractivity contribution is 7.15. The minimum absolute atomic E-state index is 0.209. The monoisotopic (exact) mass is 578 g/mol. The van der Waals surface area contributed by atoms with Gasteiger partial charge < -0.3 is 24.8 Å². The predicted molar refractivity (Wildman–Crippen MR) is 157 cm³/mol. The number of carbonyl (C=O) groups excluding carboxylic acids is 3. The first kappa shape index (κ1) is 28.7. The van der Waals surface area contributed by atoms with E-state index < -0.39 is 11.9 Å². The summed E-state index contributed by atoms with van der Waals surface area (Å²) in [5.74, 6) is -0.383. The van der Waals surface area contributed by atoms with Gasteiger partial charge in [-0.05, 0) is 61.9 Å². The van der Waals surface area contributed by atoms with Crippen LogP contribution in [0.3, 0.4) is 0 Å². The molecule has 0 saturated heterocycles. The molecule has 4 aromatic rings. The first-order chi connectivity index (χ1) is 19.3. The first-order valence-corrected chi connectivity index (χ1v) is 13.6. The Morgan fingerprint density at radius 2 is 1.68 bits per heavy atom. The van der Waals surface area contributed by atoms with Crippen molar-refractivity contribution in [3.63, 3.8) is 0 Å². The van der Waals surface area contributed by atoms with Crippen molar-refractivity contribution in [3.8, 4) is 22.6 Å². The van der Waals surface area contributed by atoms with Crippen LogP contribution in [0.1, 0.15) is 33.2 Å². The summed E-state index contributed by atoms with van der Waals surface area (Å²) in [5.41, 5.74) is 3.85. The van der Waals surface area contributed by atoms with Crippen molar-refractivity contribution in [2.75, 3.05) is 31.0 Å². The lowest BCUT2D eigenvalue weighted by molar-refractivity contribution is -0.118. The zero-order chi connectivity index (χ0) is 28.6. The normalized spacial score (nSPS) is 10.5. The van der Waals surface area contributed by atoms with Crippen LogP contribution in [0.5, 0.6) is 11.5 Å². The molecule has 2 amide bonds. The van der Waals surface area contributed by atoms with E-state index in [1.54, 1.807) is 49.4 Å². The summed E-state index contributed by atoms with van der Waals surface area (Å²) in [7, 11) is 1.51. The molecule has 0 unspecified atom stereocenters. The molecule has 0 spiro atoms. The molecule has 0 bridgehead atoms. The van der Waals surface area contributed by atoms with Crippen molar-refractivity contribution < 1.29 is 28.6 Å². The molecule has 0 aliphatic carbocycles. The molecule has 0 radical (unpaired) electrons. The highest BCUT2D eigenvalue weighted by Gasteiger charge is 2.23. The molecule has 0 aliphatic heterocycles. The van der Waals surface area contributed by atoms with Crippen LogP contribution in [0.25, 0.3) is 11.1 Å². The van der Waals surface area contributed by atoms with Crippen LogP contribution < -0.4 is 20.1 Å². The van der Waals surface area contributed by atoms with Gasteiger partial charge in [0.1, 0.15) is 22.1 Å². The number of benzene rings is 3.